The quantitative estimate of drug-likeness (QED) is 0.448. The second-order valence-electron chi connectivity index (χ2n) is 4.06. The molecule has 1 aromatic rings. The molecule has 0 aliphatic carbocycles. The second-order valence-corrected chi connectivity index (χ2v) is 4.50. The summed E-state index contributed by atoms with van der Waals surface area (Å²) >= 11 is 5.77. The number of halogens is 1. The van der Waals surface area contributed by atoms with E-state index in [-0.39, 0.29) is 29.4 Å². The van der Waals surface area contributed by atoms with E-state index >= 15 is 0 Å². The summed E-state index contributed by atoms with van der Waals surface area (Å²) in [6.45, 7) is 2.94. The molecule has 1 rings (SSSR count). The number of phenols is 1. The van der Waals surface area contributed by atoms with Gasteiger partial charge >= 0.3 is 6.09 Å². The number of carbonyl (C=O) groups is 2. The minimum Gasteiger partial charge on any atom is -0.512 e. The minimum absolute atomic E-state index is 0.0980. The third-order valence-electron chi connectivity index (χ3n) is 2.40. The molecular formula is C14H15ClN2O5. The van der Waals surface area contributed by atoms with E-state index in [2.05, 4.69) is 9.73 Å². The first kappa shape index (κ1) is 17.5. The van der Waals surface area contributed by atoms with Crippen molar-refractivity contribution in [3.63, 3.8) is 0 Å². The number of carbonyl (C=O) groups excluding carboxylic acids is 2. The van der Waals surface area contributed by atoms with Crippen molar-refractivity contribution < 1.29 is 24.5 Å². The zero-order valence-electron chi connectivity index (χ0n) is 12.0. The average Bonchev–Trinajstić information content (AvgIpc) is 2.42. The highest BCUT2D eigenvalue weighted by atomic mass is 35.5. The van der Waals surface area contributed by atoms with Gasteiger partial charge in [-0.15, -0.1) is 0 Å². The molecule has 0 heterocycles. The lowest BCUT2D eigenvalue weighted by Crippen LogP contribution is -2.33. The van der Waals surface area contributed by atoms with Crippen molar-refractivity contribution in [1.29, 1.82) is 0 Å². The number of aliphatic hydroxyl groups excluding tert-OH is 1. The molecule has 8 heteroatoms. The molecule has 0 aliphatic rings. The molecule has 0 fully saturated rings. The number of amides is 2. The molecule has 0 saturated heterocycles. The van der Waals surface area contributed by atoms with Gasteiger partial charge in [0.2, 0.25) is 0 Å². The number of benzene rings is 1. The standard InChI is InChI=1S/C14H15ClN2O5/c1-3-22-14(21)17-13(20)10(8(2)18)7-16-11-6-9(15)4-5-12(11)19/h4-7,18-19H,3H2,1-2H3,(H,17,20,21)/b10-8+,16-7?. The highest BCUT2D eigenvalue weighted by Crippen LogP contribution is 2.29. The van der Waals surface area contributed by atoms with Crippen LogP contribution >= 0.6 is 11.6 Å². The predicted molar refractivity (Wildman–Crippen MR) is 81.8 cm³/mol. The molecule has 7 nitrogen and oxygen atoms in total. The molecule has 1 aromatic carbocycles. The maximum Gasteiger partial charge on any atom is 0.414 e. The summed E-state index contributed by atoms with van der Waals surface area (Å²) < 4.78 is 4.56. The van der Waals surface area contributed by atoms with Gasteiger partial charge in [0, 0.05) is 11.2 Å². The van der Waals surface area contributed by atoms with Crippen LogP contribution in [0.1, 0.15) is 13.8 Å². The van der Waals surface area contributed by atoms with Gasteiger partial charge in [-0.25, -0.2) is 4.79 Å². The second kappa shape index (κ2) is 8.04. The Labute approximate surface area is 131 Å². The van der Waals surface area contributed by atoms with Crippen LogP contribution in [-0.4, -0.2) is 35.0 Å². The lowest BCUT2D eigenvalue weighted by Gasteiger charge is -2.05. The van der Waals surface area contributed by atoms with Crippen LogP contribution in [-0.2, 0) is 9.53 Å². The molecular weight excluding hydrogens is 312 g/mol. The van der Waals surface area contributed by atoms with Crippen molar-refractivity contribution in [3.8, 4) is 5.75 Å². The predicted octanol–water partition coefficient (Wildman–Crippen LogP) is 2.85. The number of ether oxygens (including phenoxy) is 1. The Morgan fingerprint density at radius 1 is 1.45 bits per heavy atom. The topological polar surface area (TPSA) is 108 Å². The van der Waals surface area contributed by atoms with Crippen LogP contribution in [0.25, 0.3) is 0 Å². The highest BCUT2D eigenvalue weighted by molar-refractivity contribution is 6.31. The van der Waals surface area contributed by atoms with Gasteiger partial charge in [-0.05, 0) is 32.0 Å². The average molecular weight is 327 g/mol. The number of imide groups is 1. The van der Waals surface area contributed by atoms with Gasteiger partial charge in [0.1, 0.15) is 17.2 Å². The maximum atomic E-state index is 11.8. The number of nitrogens with one attached hydrogen (secondary N) is 1. The van der Waals surface area contributed by atoms with E-state index in [1.54, 1.807) is 6.92 Å². The van der Waals surface area contributed by atoms with Gasteiger partial charge in [-0.2, -0.15) is 0 Å². The van der Waals surface area contributed by atoms with Gasteiger partial charge in [0.05, 0.1) is 12.2 Å². The molecule has 0 saturated carbocycles. The molecule has 0 radical (unpaired) electrons. The number of hydrogen-bond donors (Lipinski definition) is 3. The van der Waals surface area contributed by atoms with E-state index in [1.807, 2.05) is 5.32 Å². The number of allylic oxidation sites excluding steroid dienone is 1. The molecule has 22 heavy (non-hydrogen) atoms. The first-order valence-corrected chi connectivity index (χ1v) is 6.63. The Kier molecular flexibility index (Phi) is 6.40. The molecule has 2 amide bonds. The van der Waals surface area contributed by atoms with E-state index in [0.717, 1.165) is 6.21 Å². The lowest BCUT2D eigenvalue weighted by atomic mass is 10.2. The number of aliphatic hydroxyl groups is 1. The first-order valence-electron chi connectivity index (χ1n) is 6.25. The lowest BCUT2D eigenvalue weighted by molar-refractivity contribution is -0.116. The maximum absolute atomic E-state index is 11.8. The fourth-order valence-electron chi connectivity index (χ4n) is 1.38. The molecule has 0 atom stereocenters. The van der Waals surface area contributed by atoms with Crippen LogP contribution in [0.5, 0.6) is 5.75 Å². The monoisotopic (exact) mass is 326 g/mol. The van der Waals surface area contributed by atoms with Crippen LogP contribution in [0.15, 0.2) is 34.5 Å². The van der Waals surface area contributed by atoms with Crippen molar-refractivity contribution in [3.05, 3.63) is 34.6 Å². The summed E-state index contributed by atoms with van der Waals surface area (Å²) in [5.41, 5.74) is -0.150. The molecule has 0 aliphatic heterocycles. The Morgan fingerprint density at radius 3 is 2.73 bits per heavy atom. The fourth-order valence-corrected chi connectivity index (χ4v) is 1.54. The first-order chi connectivity index (χ1) is 10.3. The number of alkyl carbamates (subject to hydrolysis) is 1. The molecule has 3 N–H and O–H groups in total. The largest absolute Gasteiger partial charge is 0.512 e. The molecule has 0 unspecified atom stereocenters. The fraction of sp³-hybridized carbons (Fsp3) is 0.214. The smallest absolute Gasteiger partial charge is 0.414 e. The van der Waals surface area contributed by atoms with Crippen molar-refractivity contribution in [2.75, 3.05) is 6.61 Å². The Bertz CT molecular complexity index is 636. The van der Waals surface area contributed by atoms with E-state index in [0.29, 0.717) is 5.02 Å². The van der Waals surface area contributed by atoms with E-state index in [4.69, 9.17) is 11.6 Å². The third kappa shape index (κ3) is 5.10. The van der Waals surface area contributed by atoms with Crippen LogP contribution in [0.2, 0.25) is 5.02 Å². The molecule has 118 valence electrons. The number of aliphatic imine (C=N–C) groups is 1. The van der Waals surface area contributed by atoms with E-state index in [9.17, 15) is 19.8 Å². The van der Waals surface area contributed by atoms with Crippen molar-refractivity contribution >= 4 is 35.5 Å². The normalized spacial score (nSPS) is 12.0. The van der Waals surface area contributed by atoms with Crippen molar-refractivity contribution in [1.82, 2.24) is 5.32 Å². The zero-order valence-corrected chi connectivity index (χ0v) is 12.7. The summed E-state index contributed by atoms with van der Waals surface area (Å²) in [5, 5.41) is 21.4. The summed E-state index contributed by atoms with van der Waals surface area (Å²) in [6.07, 6.45) is 0.0696. The molecule has 0 spiro atoms. The van der Waals surface area contributed by atoms with Crippen molar-refractivity contribution in [2.45, 2.75) is 13.8 Å². The van der Waals surface area contributed by atoms with Crippen LogP contribution in [0.4, 0.5) is 10.5 Å². The highest BCUT2D eigenvalue weighted by Gasteiger charge is 2.15. The SMILES string of the molecule is CCOC(=O)NC(=O)/C(C=Nc1cc(Cl)ccc1O)=C(\C)O. The van der Waals surface area contributed by atoms with E-state index < -0.39 is 12.0 Å². The van der Waals surface area contributed by atoms with Crippen LogP contribution < -0.4 is 5.32 Å². The van der Waals surface area contributed by atoms with Gasteiger partial charge in [0.25, 0.3) is 5.91 Å². The van der Waals surface area contributed by atoms with Gasteiger partial charge in [-0.3, -0.25) is 15.1 Å². The molecule has 0 bridgehead atoms. The summed E-state index contributed by atoms with van der Waals surface area (Å²) in [4.78, 5) is 26.9. The Balaban J connectivity index is 2.96. The number of aromatic hydroxyl groups is 1. The van der Waals surface area contributed by atoms with Crippen LogP contribution in [0.3, 0.4) is 0 Å². The third-order valence-corrected chi connectivity index (χ3v) is 2.63. The number of nitrogens with zero attached hydrogens (tertiary/aromatic N) is 1. The minimum atomic E-state index is -0.940. The van der Waals surface area contributed by atoms with Gasteiger partial charge in [-0.1, -0.05) is 11.6 Å². The zero-order chi connectivity index (χ0) is 16.7. The Morgan fingerprint density at radius 2 is 2.14 bits per heavy atom. The summed E-state index contributed by atoms with van der Waals surface area (Å²) in [6, 6.07) is 4.18. The molecule has 0 aromatic heterocycles. The van der Waals surface area contributed by atoms with Gasteiger partial charge < -0.3 is 14.9 Å². The number of hydrogen-bond acceptors (Lipinski definition) is 6. The summed E-state index contributed by atoms with van der Waals surface area (Å²) in [5.74, 6) is -1.39. The van der Waals surface area contributed by atoms with Gasteiger partial charge in [0.15, 0.2) is 0 Å². The summed E-state index contributed by atoms with van der Waals surface area (Å²) in [7, 11) is 0. The number of rotatable bonds is 4. The van der Waals surface area contributed by atoms with E-state index in [1.165, 1.54) is 25.1 Å². The Hall–Kier alpha value is -2.54. The van der Waals surface area contributed by atoms with Crippen molar-refractivity contribution in [2.24, 2.45) is 4.99 Å². The number of phenolic OH excluding ortho intramolecular Hbond substituents is 1. The van der Waals surface area contributed by atoms with Crippen LogP contribution in [0, 0.1) is 0 Å².